The van der Waals surface area contributed by atoms with Gasteiger partial charge in [0.2, 0.25) is 5.91 Å². The first-order valence-corrected chi connectivity index (χ1v) is 10.6. The number of ether oxygens (including phenoxy) is 1. The number of nitrogens with zero attached hydrogens (tertiary/aromatic N) is 1. The third kappa shape index (κ3) is 4.62. The van der Waals surface area contributed by atoms with Crippen molar-refractivity contribution in [2.75, 3.05) is 24.7 Å². The summed E-state index contributed by atoms with van der Waals surface area (Å²) in [5.74, 6) is -1.15. The maximum atomic E-state index is 12.9. The molecule has 1 N–H and O–H groups in total. The van der Waals surface area contributed by atoms with E-state index in [0.29, 0.717) is 25.1 Å². The predicted octanol–water partition coefficient (Wildman–Crippen LogP) is 1.12. The highest BCUT2D eigenvalue weighted by atomic mass is 32.2. The van der Waals surface area contributed by atoms with E-state index in [-0.39, 0.29) is 41.5 Å². The molecule has 0 saturated carbocycles. The Bertz CT molecular complexity index is 785. The largest absolute Gasteiger partial charge is 0.478 e. The highest BCUT2D eigenvalue weighted by Gasteiger charge is 2.36. The lowest BCUT2D eigenvalue weighted by atomic mass is 10.1. The van der Waals surface area contributed by atoms with Crippen LogP contribution in [0.3, 0.4) is 0 Å². The monoisotopic (exact) mass is 381 g/mol. The zero-order valence-electron chi connectivity index (χ0n) is 14.5. The number of carbonyl (C=O) groups excluding carboxylic acids is 1. The van der Waals surface area contributed by atoms with Crippen molar-refractivity contribution in [2.45, 2.75) is 37.8 Å². The van der Waals surface area contributed by atoms with Crippen molar-refractivity contribution in [2.24, 2.45) is 0 Å². The van der Waals surface area contributed by atoms with Crippen LogP contribution in [0.4, 0.5) is 0 Å². The second kappa shape index (κ2) is 7.75. The third-order valence-electron chi connectivity index (χ3n) is 4.92. The number of hydrogen-bond acceptors (Lipinski definition) is 5. The summed E-state index contributed by atoms with van der Waals surface area (Å²) in [6, 6.07) is 5.94. The van der Waals surface area contributed by atoms with Crippen molar-refractivity contribution < 1.29 is 27.9 Å². The minimum atomic E-state index is -3.11. The summed E-state index contributed by atoms with van der Waals surface area (Å²) in [6.45, 7) is 1.05. The Morgan fingerprint density at radius 1 is 1.27 bits per heavy atom. The molecule has 0 bridgehead atoms. The van der Waals surface area contributed by atoms with Crippen LogP contribution in [0.5, 0.6) is 0 Å². The Kier molecular flexibility index (Phi) is 5.62. The minimum absolute atomic E-state index is 0.0133. The van der Waals surface area contributed by atoms with Gasteiger partial charge in [-0.1, -0.05) is 12.1 Å². The normalized spacial score (nSPS) is 24.5. The second-order valence-electron chi connectivity index (χ2n) is 6.92. The molecule has 2 aliphatic heterocycles. The average Bonchev–Trinajstić information content (AvgIpc) is 3.21. The standard InChI is InChI=1S/C18H23NO6S/c20-17(10-13-3-1-4-14(9-13)18(21)22)19(11-16-5-2-7-25-16)15-6-8-26(23,24)12-15/h1,3-4,9,15-16H,2,5-8,10-12H2,(H,21,22). The molecule has 2 aliphatic rings. The third-order valence-corrected chi connectivity index (χ3v) is 6.67. The van der Waals surface area contributed by atoms with Gasteiger partial charge in [-0.15, -0.1) is 0 Å². The van der Waals surface area contributed by atoms with Gasteiger partial charge in [0.25, 0.3) is 0 Å². The highest BCUT2D eigenvalue weighted by Crippen LogP contribution is 2.22. The number of sulfone groups is 1. The number of hydrogen-bond donors (Lipinski definition) is 1. The molecule has 1 aromatic rings. The summed E-state index contributed by atoms with van der Waals surface area (Å²) in [5, 5.41) is 9.09. The molecule has 0 aromatic heterocycles. The molecule has 142 valence electrons. The summed E-state index contributed by atoms with van der Waals surface area (Å²) in [6.07, 6.45) is 2.22. The lowest BCUT2D eigenvalue weighted by Gasteiger charge is -2.30. The quantitative estimate of drug-likeness (QED) is 0.792. The zero-order valence-corrected chi connectivity index (χ0v) is 15.3. The van der Waals surface area contributed by atoms with Gasteiger partial charge in [-0.25, -0.2) is 13.2 Å². The molecule has 1 aromatic carbocycles. The van der Waals surface area contributed by atoms with E-state index in [1.165, 1.54) is 12.1 Å². The SMILES string of the molecule is O=C(O)c1cccc(CC(=O)N(CC2CCCO2)C2CCS(=O)(=O)C2)c1. The van der Waals surface area contributed by atoms with Gasteiger partial charge in [-0.2, -0.15) is 0 Å². The topological polar surface area (TPSA) is 101 Å². The number of carboxylic acids is 1. The molecule has 2 unspecified atom stereocenters. The molecule has 2 heterocycles. The van der Waals surface area contributed by atoms with E-state index in [0.717, 1.165) is 12.8 Å². The van der Waals surface area contributed by atoms with Crippen LogP contribution in [-0.2, 0) is 25.8 Å². The molecular formula is C18H23NO6S. The maximum absolute atomic E-state index is 12.9. The van der Waals surface area contributed by atoms with E-state index in [1.807, 2.05) is 0 Å². The van der Waals surface area contributed by atoms with Gasteiger partial charge >= 0.3 is 5.97 Å². The summed E-state index contributed by atoms with van der Waals surface area (Å²) >= 11 is 0. The lowest BCUT2D eigenvalue weighted by Crippen LogP contribution is -2.46. The van der Waals surface area contributed by atoms with Crippen molar-refractivity contribution >= 4 is 21.7 Å². The van der Waals surface area contributed by atoms with Gasteiger partial charge in [0.1, 0.15) is 0 Å². The molecule has 2 atom stereocenters. The highest BCUT2D eigenvalue weighted by molar-refractivity contribution is 7.91. The second-order valence-corrected chi connectivity index (χ2v) is 9.15. The molecule has 3 rings (SSSR count). The van der Waals surface area contributed by atoms with E-state index >= 15 is 0 Å². The minimum Gasteiger partial charge on any atom is -0.478 e. The van der Waals surface area contributed by atoms with E-state index in [9.17, 15) is 18.0 Å². The summed E-state index contributed by atoms with van der Waals surface area (Å²) in [4.78, 5) is 25.6. The maximum Gasteiger partial charge on any atom is 0.335 e. The van der Waals surface area contributed by atoms with Crippen LogP contribution in [0.2, 0.25) is 0 Å². The molecular weight excluding hydrogens is 358 g/mol. The Morgan fingerprint density at radius 2 is 2.08 bits per heavy atom. The first-order valence-electron chi connectivity index (χ1n) is 8.78. The summed E-state index contributed by atoms with van der Waals surface area (Å²) in [5.41, 5.74) is 0.734. The lowest BCUT2D eigenvalue weighted by molar-refractivity contribution is -0.134. The van der Waals surface area contributed by atoms with Crippen LogP contribution in [0.25, 0.3) is 0 Å². The smallest absolute Gasteiger partial charge is 0.335 e. The fourth-order valence-corrected chi connectivity index (χ4v) is 5.30. The van der Waals surface area contributed by atoms with Gasteiger partial charge in [0.15, 0.2) is 9.84 Å². The fraction of sp³-hybridized carbons (Fsp3) is 0.556. The Morgan fingerprint density at radius 3 is 2.69 bits per heavy atom. The number of benzene rings is 1. The van der Waals surface area contributed by atoms with Crippen LogP contribution in [0, 0.1) is 0 Å². The van der Waals surface area contributed by atoms with Gasteiger partial charge in [-0.3, -0.25) is 4.79 Å². The van der Waals surface area contributed by atoms with Crippen molar-refractivity contribution in [1.29, 1.82) is 0 Å². The number of carbonyl (C=O) groups is 2. The Balaban J connectivity index is 1.75. The van der Waals surface area contributed by atoms with Gasteiger partial charge in [0, 0.05) is 19.2 Å². The molecule has 0 aliphatic carbocycles. The van der Waals surface area contributed by atoms with Crippen LogP contribution in [0.1, 0.15) is 35.2 Å². The first kappa shape index (κ1) is 18.8. The van der Waals surface area contributed by atoms with Crippen LogP contribution in [0.15, 0.2) is 24.3 Å². The molecule has 0 spiro atoms. The molecule has 2 saturated heterocycles. The van der Waals surface area contributed by atoms with Crippen molar-refractivity contribution in [1.82, 2.24) is 4.90 Å². The molecule has 8 heteroatoms. The van der Waals surface area contributed by atoms with Crippen molar-refractivity contribution in [3.63, 3.8) is 0 Å². The van der Waals surface area contributed by atoms with Gasteiger partial charge in [-0.05, 0) is 37.0 Å². The first-order chi connectivity index (χ1) is 12.3. The molecule has 7 nitrogen and oxygen atoms in total. The summed E-state index contributed by atoms with van der Waals surface area (Å²) in [7, 11) is -3.11. The van der Waals surface area contributed by atoms with Crippen LogP contribution >= 0.6 is 0 Å². The van der Waals surface area contributed by atoms with E-state index in [1.54, 1.807) is 17.0 Å². The molecule has 1 amide bonds. The fourth-order valence-electron chi connectivity index (χ4n) is 3.57. The summed E-state index contributed by atoms with van der Waals surface area (Å²) < 4.78 is 29.3. The van der Waals surface area contributed by atoms with E-state index in [2.05, 4.69) is 0 Å². The Hall–Kier alpha value is -1.93. The predicted molar refractivity (Wildman–Crippen MR) is 94.9 cm³/mol. The molecule has 2 fully saturated rings. The van der Waals surface area contributed by atoms with Crippen LogP contribution < -0.4 is 0 Å². The number of amides is 1. The molecule has 0 radical (unpaired) electrons. The molecule has 26 heavy (non-hydrogen) atoms. The average molecular weight is 381 g/mol. The van der Waals surface area contributed by atoms with Crippen molar-refractivity contribution in [3.05, 3.63) is 35.4 Å². The Labute approximate surface area is 152 Å². The zero-order chi connectivity index (χ0) is 18.7. The van der Waals surface area contributed by atoms with Crippen molar-refractivity contribution in [3.8, 4) is 0 Å². The van der Waals surface area contributed by atoms with Gasteiger partial charge in [0.05, 0.1) is 29.6 Å². The van der Waals surface area contributed by atoms with E-state index in [4.69, 9.17) is 9.84 Å². The van der Waals surface area contributed by atoms with Crippen LogP contribution in [-0.4, -0.2) is 67.1 Å². The van der Waals surface area contributed by atoms with E-state index < -0.39 is 15.8 Å². The number of rotatable bonds is 6. The van der Waals surface area contributed by atoms with Gasteiger partial charge < -0.3 is 14.7 Å². The number of carboxylic acid groups (broad SMARTS) is 1. The number of aromatic carboxylic acids is 1.